The summed E-state index contributed by atoms with van der Waals surface area (Å²) >= 11 is 2.88. The molecular weight excluding hydrogens is 268 g/mol. The molecule has 0 aromatic heterocycles. The molecule has 0 spiro atoms. The molecular formula is C10H10BrF2NO. The van der Waals surface area contributed by atoms with Crippen LogP contribution in [-0.4, -0.2) is 11.7 Å². The Balaban J connectivity index is 2.62. The van der Waals surface area contributed by atoms with E-state index in [4.69, 9.17) is 5.73 Å². The van der Waals surface area contributed by atoms with Crippen molar-refractivity contribution in [3.05, 3.63) is 27.7 Å². The molecule has 1 aliphatic carbocycles. The Hall–Kier alpha value is -0.680. The number of benzene rings is 1. The maximum atomic E-state index is 13.7. The summed E-state index contributed by atoms with van der Waals surface area (Å²) in [5, 5.41) is 9.21. The summed E-state index contributed by atoms with van der Waals surface area (Å²) in [5.41, 5.74) is 4.95. The Morgan fingerprint density at radius 1 is 1.47 bits per heavy atom. The molecule has 0 aliphatic heterocycles. The number of hydrogen-bond acceptors (Lipinski definition) is 2. The van der Waals surface area contributed by atoms with Crippen LogP contribution in [0.3, 0.4) is 0 Å². The summed E-state index contributed by atoms with van der Waals surface area (Å²) in [7, 11) is 0. The van der Waals surface area contributed by atoms with Crippen molar-refractivity contribution in [2.75, 3.05) is 6.54 Å². The van der Waals surface area contributed by atoms with Crippen LogP contribution in [-0.2, 0) is 5.41 Å². The molecule has 0 amide bonds. The van der Waals surface area contributed by atoms with Gasteiger partial charge in [0.05, 0.1) is 4.47 Å². The molecule has 0 heterocycles. The van der Waals surface area contributed by atoms with Gasteiger partial charge in [-0.3, -0.25) is 0 Å². The summed E-state index contributed by atoms with van der Waals surface area (Å²) < 4.78 is 27.2. The lowest BCUT2D eigenvalue weighted by Gasteiger charge is -2.16. The van der Waals surface area contributed by atoms with Crippen LogP contribution in [0.25, 0.3) is 0 Å². The largest absolute Gasteiger partial charge is 0.507 e. The van der Waals surface area contributed by atoms with Crippen molar-refractivity contribution in [3.63, 3.8) is 0 Å². The third kappa shape index (κ3) is 1.54. The summed E-state index contributed by atoms with van der Waals surface area (Å²) in [6, 6.07) is 0.915. The van der Waals surface area contributed by atoms with Crippen LogP contribution >= 0.6 is 15.9 Å². The fourth-order valence-electron chi connectivity index (χ4n) is 1.78. The van der Waals surface area contributed by atoms with Crippen LogP contribution in [0.4, 0.5) is 8.78 Å². The first-order chi connectivity index (χ1) is 7.02. The van der Waals surface area contributed by atoms with Crippen LogP contribution in [0.15, 0.2) is 10.5 Å². The molecule has 2 rings (SSSR count). The van der Waals surface area contributed by atoms with Gasteiger partial charge in [0.25, 0.3) is 0 Å². The zero-order chi connectivity index (χ0) is 11.2. The minimum Gasteiger partial charge on any atom is -0.507 e. The van der Waals surface area contributed by atoms with E-state index in [2.05, 4.69) is 15.9 Å². The SMILES string of the molecule is NCC1(c2c(F)cc(O)c(Br)c2F)CC1. The Kier molecular flexibility index (Phi) is 2.47. The van der Waals surface area contributed by atoms with Crippen LogP contribution < -0.4 is 5.73 Å². The van der Waals surface area contributed by atoms with Gasteiger partial charge in [-0.25, -0.2) is 8.78 Å². The average Bonchev–Trinajstić information content (AvgIpc) is 2.96. The molecule has 1 fully saturated rings. The number of halogens is 3. The number of phenolic OH excluding ortho intramolecular Hbond substituents is 1. The molecule has 5 heteroatoms. The van der Waals surface area contributed by atoms with Gasteiger partial charge >= 0.3 is 0 Å². The van der Waals surface area contributed by atoms with Gasteiger partial charge in [0.1, 0.15) is 17.4 Å². The average molecular weight is 278 g/mol. The summed E-state index contributed by atoms with van der Waals surface area (Å²) in [6.45, 7) is 0.220. The van der Waals surface area contributed by atoms with E-state index in [1.165, 1.54) is 0 Å². The lowest BCUT2D eigenvalue weighted by atomic mass is 9.95. The molecule has 0 atom stereocenters. The fraction of sp³-hybridized carbons (Fsp3) is 0.400. The molecule has 1 saturated carbocycles. The summed E-state index contributed by atoms with van der Waals surface area (Å²) in [4.78, 5) is 0. The van der Waals surface area contributed by atoms with Gasteiger partial charge in [-0.05, 0) is 28.8 Å². The molecule has 0 unspecified atom stereocenters. The topological polar surface area (TPSA) is 46.2 Å². The monoisotopic (exact) mass is 277 g/mol. The highest BCUT2D eigenvalue weighted by atomic mass is 79.9. The first-order valence-corrected chi connectivity index (χ1v) is 5.38. The minimum atomic E-state index is -0.740. The Labute approximate surface area is 94.2 Å². The Morgan fingerprint density at radius 2 is 2.07 bits per heavy atom. The first kappa shape index (κ1) is 10.8. The van der Waals surface area contributed by atoms with E-state index in [1.807, 2.05) is 0 Å². The number of nitrogens with two attached hydrogens (primary N) is 1. The van der Waals surface area contributed by atoms with E-state index in [0.29, 0.717) is 12.8 Å². The quantitative estimate of drug-likeness (QED) is 0.816. The molecule has 1 aromatic carbocycles. The first-order valence-electron chi connectivity index (χ1n) is 4.59. The molecule has 0 radical (unpaired) electrons. The van der Waals surface area contributed by atoms with Crippen molar-refractivity contribution in [2.24, 2.45) is 5.73 Å². The van der Waals surface area contributed by atoms with Gasteiger partial charge in [0, 0.05) is 23.6 Å². The second kappa shape index (κ2) is 3.42. The molecule has 2 nitrogen and oxygen atoms in total. The summed E-state index contributed by atoms with van der Waals surface area (Å²) in [5.74, 6) is -1.90. The number of aromatic hydroxyl groups is 1. The van der Waals surface area contributed by atoms with E-state index in [-0.39, 0.29) is 16.6 Å². The van der Waals surface area contributed by atoms with Crippen molar-refractivity contribution in [1.82, 2.24) is 0 Å². The second-order valence-electron chi connectivity index (χ2n) is 3.86. The van der Waals surface area contributed by atoms with E-state index in [1.54, 1.807) is 0 Å². The molecule has 0 saturated heterocycles. The van der Waals surface area contributed by atoms with E-state index >= 15 is 0 Å². The van der Waals surface area contributed by atoms with Crippen molar-refractivity contribution in [2.45, 2.75) is 18.3 Å². The van der Waals surface area contributed by atoms with Crippen LogP contribution in [0, 0.1) is 11.6 Å². The number of hydrogen-bond donors (Lipinski definition) is 2. The van der Waals surface area contributed by atoms with Crippen molar-refractivity contribution in [3.8, 4) is 5.75 Å². The summed E-state index contributed by atoms with van der Waals surface area (Å²) in [6.07, 6.45) is 1.38. The third-order valence-electron chi connectivity index (χ3n) is 2.91. The molecule has 1 aliphatic rings. The van der Waals surface area contributed by atoms with Crippen LogP contribution in [0.1, 0.15) is 18.4 Å². The van der Waals surface area contributed by atoms with Gasteiger partial charge in [-0.1, -0.05) is 0 Å². The van der Waals surface area contributed by atoms with Gasteiger partial charge in [0.15, 0.2) is 0 Å². The number of phenols is 1. The Morgan fingerprint density at radius 3 is 2.53 bits per heavy atom. The van der Waals surface area contributed by atoms with Crippen LogP contribution in [0.2, 0.25) is 0 Å². The minimum absolute atomic E-state index is 0.00493. The van der Waals surface area contributed by atoms with Gasteiger partial charge < -0.3 is 10.8 Å². The molecule has 1 aromatic rings. The Bertz CT molecular complexity index is 418. The predicted octanol–water partition coefficient (Wildman–Crippen LogP) is 2.42. The highest BCUT2D eigenvalue weighted by Gasteiger charge is 2.47. The molecule has 82 valence electrons. The zero-order valence-corrected chi connectivity index (χ0v) is 9.44. The van der Waals surface area contributed by atoms with Gasteiger partial charge in [-0.2, -0.15) is 0 Å². The highest BCUT2D eigenvalue weighted by Crippen LogP contribution is 2.50. The normalized spacial score (nSPS) is 17.9. The van der Waals surface area contributed by atoms with E-state index < -0.39 is 22.8 Å². The van der Waals surface area contributed by atoms with Gasteiger partial charge in [0.2, 0.25) is 0 Å². The fourth-order valence-corrected chi connectivity index (χ4v) is 2.09. The number of rotatable bonds is 2. The predicted molar refractivity (Wildman–Crippen MR) is 55.7 cm³/mol. The third-order valence-corrected chi connectivity index (χ3v) is 3.67. The van der Waals surface area contributed by atoms with Crippen molar-refractivity contribution in [1.29, 1.82) is 0 Å². The second-order valence-corrected chi connectivity index (χ2v) is 4.66. The zero-order valence-electron chi connectivity index (χ0n) is 7.86. The molecule has 15 heavy (non-hydrogen) atoms. The van der Waals surface area contributed by atoms with E-state index in [9.17, 15) is 13.9 Å². The maximum Gasteiger partial charge on any atom is 0.147 e. The van der Waals surface area contributed by atoms with E-state index in [0.717, 1.165) is 6.07 Å². The van der Waals surface area contributed by atoms with Crippen LogP contribution in [0.5, 0.6) is 5.75 Å². The molecule has 3 N–H and O–H groups in total. The lowest BCUT2D eigenvalue weighted by molar-refractivity contribution is 0.444. The van der Waals surface area contributed by atoms with Crippen molar-refractivity contribution < 1.29 is 13.9 Å². The molecule has 0 bridgehead atoms. The van der Waals surface area contributed by atoms with Crippen molar-refractivity contribution >= 4 is 15.9 Å². The van der Waals surface area contributed by atoms with Gasteiger partial charge in [-0.15, -0.1) is 0 Å². The maximum absolute atomic E-state index is 13.7. The smallest absolute Gasteiger partial charge is 0.147 e. The lowest BCUT2D eigenvalue weighted by Crippen LogP contribution is -2.22. The standard InChI is InChI=1S/C10H10BrF2NO/c11-8-6(15)3-5(12)7(9(8)13)10(4-14)1-2-10/h3,15H,1-2,4,14H2. The highest BCUT2D eigenvalue weighted by molar-refractivity contribution is 9.10.